The third-order valence-corrected chi connectivity index (χ3v) is 5.11. The second-order valence-corrected chi connectivity index (χ2v) is 7.10. The molecule has 144 valence electrons. The molecular formula is C19H23N3O5. The third-order valence-electron chi connectivity index (χ3n) is 5.11. The van der Waals surface area contributed by atoms with Gasteiger partial charge in [0.05, 0.1) is 24.6 Å². The molecule has 27 heavy (non-hydrogen) atoms. The molecule has 3 rings (SSSR count). The molecule has 1 saturated heterocycles. The summed E-state index contributed by atoms with van der Waals surface area (Å²) in [5.74, 6) is -2.11. The number of rotatable bonds is 6. The lowest BCUT2D eigenvalue weighted by atomic mass is 9.82. The molecule has 1 fully saturated rings. The minimum atomic E-state index is -1.15. The van der Waals surface area contributed by atoms with E-state index in [1.165, 1.54) is 9.80 Å². The molecule has 0 unspecified atom stereocenters. The van der Waals surface area contributed by atoms with Crippen LogP contribution >= 0.6 is 0 Å². The fourth-order valence-electron chi connectivity index (χ4n) is 3.65. The number of nitrogens with zero attached hydrogens (tertiary/aromatic N) is 2. The number of likely N-dealkylation sites (N-methyl/N-ethyl adjacent to an activating group) is 1. The Bertz CT molecular complexity index is 813. The van der Waals surface area contributed by atoms with Crippen LogP contribution in [0.4, 0.5) is 5.69 Å². The number of aliphatic hydroxyl groups is 1. The van der Waals surface area contributed by atoms with Crippen molar-refractivity contribution in [1.82, 2.24) is 9.80 Å². The van der Waals surface area contributed by atoms with Gasteiger partial charge < -0.3 is 25.3 Å². The van der Waals surface area contributed by atoms with Crippen LogP contribution in [0, 0.1) is 5.92 Å². The molecule has 1 aromatic rings. The van der Waals surface area contributed by atoms with Gasteiger partial charge in [-0.15, -0.1) is 0 Å². The van der Waals surface area contributed by atoms with E-state index in [1.807, 2.05) is 0 Å². The van der Waals surface area contributed by atoms with Crippen LogP contribution < -0.4 is 5.32 Å². The molecule has 0 aromatic heterocycles. The monoisotopic (exact) mass is 373 g/mol. The molecule has 0 spiro atoms. The molecule has 0 aliphatic carbocycles. The molecule has 0 radical (unpaired) electrons. The number of carboxylic acids is 1. The number of aliphatic carboxylic acids is 1. The van der Waals surface area contributed by atoms with Crippen molar-refractivity contribution < 1.29 is 24.6 Å². The Morgan fingerprint density at radius 1 is 1.30 bits per heavy atom. The second-order valence-electron chi connectivity index (χ2n) is 7.10. The summed E-state index contributed by atoms with van der Waals surface area (Å²) in [4.78, 5) is 38.4. The number of carbonyl (C=O) groups excluding carboxylic acids is 2. The normalized spacial score (nSPS) is 22.2. The molecule has 0 saturated carbocycles. The first-order valence-electron chi connectivity index (χ1n) is 8.74. The van der Waals surface area contributed by atoms with Gasteiger partial charge in [-0.2, -0.15) is 0 Å². The summed E-state index contributed by atoms with van der Waals surface area (Å²) < 4.78 is 0. The first-order valence-corrected chi connectivity index (χ1v) is 8.74. The van der Waals surface area contributed by atoms with E-state index in [-0.39, 0.29) is 30.1 Å². The predicted octanol–water partition coefficient (Wildman–Crippen LogP) is 0.594. The summed E-state index contributed by atoms with van der Waals surface area (Å²) in [5, 5.41) is 22.4. The van der Waals surface area contributed by atoms with E-state index in [2.05, 4.69) is 5.32 Å². The molecule has 8 nitrogen and oxygen atoms in total. The van der Waals surface area contributed by atoms with Crippen LogP contribution in [0.5, 0.6) is 0 Å². The SMILES string of the molecule is C[C@@H](O)[C@H]1C(=O)N2C(C(=O)O)=C(c3ccc(NCC(=O)N(C)C)cc3)C[C@H]12. The van der Waals surface area contributed by atoms with Crippen LogP contribution in [-0.2, 0) is 14.4 Å². The minimum absolute atomic E-state index is 0.00889. The van der Waals surface area contributed by atoms with E-state index in [0.717, 1.165) is 5.69 Å². The molecular weight excluding hydrogens is 350 g/mol. The second kappa shape index (κ2) is 7.03. The van der Waals surface area contributed by atoms with Crippen molar-refractivity contribution in [1.29, 1.82) is 0 Å². The summed E-state index contributed by atoms with van der Waals surface area (Å²) in [7, 11) is 3.36. The number of carboxylic acid groups (broad SMARTS) is 1. The Morgan fingerprint density at radius 2 is 1.93 bits per heavy atom. The van der Waals surface area contributed by atoms with Gasteiger partial charge in [0.2, 0.25) is 11.8 Å². The number of nitrogens with one attached hydrogen (secondary N) is 1. The van der Waals surface area contributed by atoms with Gasteiger partial charge in [-0.1, -0.05) is 12.1 Å². The van der Waals surface area contributed by atoms with Crippen LogP contribution in [0.3, 0.4) is 0 Å². The highest BCUT2D eigenvalue weighted by molar-refractivity contribution is 6.06. The average molecular weight is 373 g/mol. The molecule has 8 heteroatoms. The number of amides is 2. The molecule has 1 aromatic carbocycles. The Balaban J connectivity index is 1.80. The maximum Gasteiger partial charge on any atom is 0.352 e. The van der Waals surface area contributed by atoms with Crippen molar-refractivity contribution >= 4 is 29.0 Å². The Labute approximate surface area is 157 Å². The average Bonchev–Trinajstić information content (AvgIpc) is 2.94. The predicted molar refractivity (Wildman–Crippen MR) is 98.6 cm³/mol. The lowest BCUT2D eigenvalue weighted by molar-refractivity contribution is -0.161. The summed E-state index contributed by atoms with van der Waals surface area (Å²) >= 11 is 0. The smallest absolute Gasteiger partial charge is 0.352 e. The van der Waals surface area contributed by atoms with Crippen LogP contribution in [0.25, 0.3) is 5.57 Å². The zero-order valence-corrected chi connectivity index (χ0v) is 15.5. The molecule has 2 aliphatic heterocycles. The number of β-lactam (4-membered cyclic amide) rings is 1. The van der Waals surface area contributed by atoms with E-state index >= 15 is 0 Å². The standard InChI is InChI=1S/C19H23N3O5/c1-10(23)16-14-8-13(17(19(26)27)22(14)18(16)25)11-4-6-12(7-5-11)20-9-15(24)21(2)3/h4-7,10,14,16,20,23H,8-9H2,1-3H3,(H,26,27)/t10-,14-,16-/m1/s1. The maximum absolute atomic E-state index is 12.3. The molecule has 3 N–H and O–H groups in total. The molecule has 0 bridgehead atoms. The molecule has 2 aliphatic rings. The zero-order valence-electron chi connectivity index (χ0n) is 15.5. The number of aliphatic hydroxyl groups excluding tert-OH is 1. The van der Waals surface area contributed by atoms with Gasteiger partial charge in [0.15, 0.2) is 0 Å². The molecule has 2 amide bonds. The quantitative estimate of drug-likeness (QED) is 0.630. The van der Waals surface area contributed by atoms with Gasteiger partial charge in [-0.3, -0.25) is 9.59 Å². The fourth-order valence-corrected chi connectivity index (χ4v) is 3.65. The number of hydrogen-bond acceptors (Lipinski definition) is 5. The van der Waals surface area contributed by atoms with Crippen molar-refractivity contribution in [3.63, 3.8) is 0 Å². The van der Waals surface area contributed by atoms with E-state index in [4.69, 9.17) is 0 Å². The number of anilines is 1. The first kappa shape index (κ1) is 18.9. The largest absolute Gasteiger partial charge is 0.477 e. The maximum atomic E-state index is 12.3. The van der Waals surface area contributed by atoms with E-state index < -0.39 is 18.0 Å². The van der Waals surface area contributed by atoms with Crippen LogP contribution in [0.1, 0.15) is 18.9 Å². The Morgan fingerprint density at radius 3 is 2.44 bits per heavy atom. The van der Waals surface area contributed by atoms with Gasteiger partial charge in [-0.25, -0.2) is 4.79 Å². The summed E-state index contributed by atoms with van der Waals surface area (Å²) in [6, 6.07) is 6.78. The number of hydrogen-bond donors (Lipinski definition) is 3. The van der Waals surface area contributed by atoms with Gasteiger partial charge in [0, 0.05) is 19.8 Å². The zero-order chi connectivity index (χ0) is 19.9. The van der Waals surface area contributed by atoms with Gasteiger partial charge >= 0.3 is 5.97 Å². The van der Waals surface area contributed by atoms with Crippen molar-refractivity contribution in [2.75, 3.05) is 26.0 Å². The van der Waals surface area contributed by atoms with Gasteiger partial charge in [0.25, 0.3) is 0 Å². The third kappa shape index (κ3) is 3.28. The Kier molecular flexibility index (Phi) is 4.93. The van der Waals surface area contributed by atoms with Crippen LogP contribution in [-0.4, -0.2) is 70.6 Å². The highest BCUT2D eigenvalue weighted by Gasteiger charge is 2.56. The number of carbonyl (C=O) groups is 3. The Hall–Kier alpha value is -2.87. The topological polar surface area (TPSA) is 110 Å². The molecule has 3 atom stereocenters. The fraction of sp³-hybridized carbons (Fsp3) is 0.421. The van der Waals surface area contributed by atoms with Crippen LogP contribution in [0.2, 0.25) is 0 Å². The lowest BCUT2D eigenvalue weighted by Gasteiger charge is -2.44. The van der Waals surface area contributed by atoms with Gasteiger partial charge in [0.1, 0.15) is 5.70 Å². The highest BCUT2D eigenvalue weighted by atomic mass is 16.4. The van der Waals surface area contributed by atoms with E-state index in [1.54, 1.807) is 45.3 Å². The van der Waals surface area contributed by atoms with Crippen molar-refractivity contribution in [2.45, 2.75) is 25.5 Å². The van der Waals surface area contributed by atoms with Crippen molar-refractivity contribution in [3.05, 3.63) is 35.5 Å². The summed E-state index contributed by atoms with van der Waals surface area (Å²) in [6.07, 6.45) is -0.414. The minimum Gasteiger partial charge on any atom is -0.477 e. The highest BCUT2D eigenvalue weighted by Crippen LogP contribution is 2.46. The summed E-state index contributed by atoms with van der Waals surface area (Å²) in [5.41, 5.74) is 2.03. The number of benzene rings is 1. The van der Waals surface area contributed by atoms with Crippen molar-refractivity contribution in [3.8, 4) is 0 Å². The van der Waals surface area contributed by atoms with E-state index in [0.29, 0.717) is 17.6 Å². The van der Waals surface area contributed by atoms with Crippen molar-refractivity contribution in [2.24, 2.45) is 5.92 Å². The first-order chi connectivity index (χ1) is 12.7. The van der Waals surface area contributed by atoms with Crippen LogP contribution in [0.15, 0.2) is 30.0 Å². The number of fused-ring (bicyclic) bond motifs is 1. The van der Waals surface area contributed by atoms with E-state index in [9.17, 15) is 24.6 Å². The lowest BCUT2D eigenvalue weighted by Crippen LogP contribution is -2.61. The summed E-state index contributed by atoms with van der Waals surface area (Å²) in [6.45, 7) is 1.71. The van der Waals surface area contributed by atoms with Gasteiger partial charge in [-0.05, 0) is 36.6 Å². The molecule has 2 heterocycles.